The molecule has 2 N–H and O–H groups in total. The first-order valence-electron chi connectivity index (χ1n) is 7.61. The molecule has 2 aromatic rings. The van der Waals surface area contributed by atoms with Crippen LogP contribution in [0.2, 0.25) is 5.02 Å². The van der Waals surface area contributed by atoms with Gasteiger partial charge in [0.25, 0.3) is 0 Å². The maximum atomic E-state index is 11.8. The van der Waals surface area contributed by atoms with Crippen molar-refractivity contribution in [2.45, 2.75) is 6.42 Å². The molecule has 0 aliphatic rings. The van der Waals surface area contributed by atoms with Crippen LogP contribution < -0.4 is 20.2 Å². The standard InChI is InChI=1S/C18H18ClN3O4/c1-25-15-8-7-12(9-16(15)26-2)11-20-22-18(24)10-17(23)21-14-6-4-3-5-13(14)19/h3-9,11H,10H2,1-2H3,(H,21,23)(H,22,24). The summed E-state index contributed by atoms with van der Waals surface area (Å²) in [5.74, 6) is 0.0926. The average molecular weight is 376 g/mol. The lowest BCUT2D eigenvalue weighted by Crippen LogP contribution is -2.24. The number of ether oxygens (including phenoxy) is 2. The van der Waals surface area contributed by atoms with E-state index < -0.39 is 11.8 Å². The highest BCUT2D eigenvalue weighted by Gasteiger charge is 2.10. The van der Waals surface area contributed by atoms with Gasteiger partial charge in [0.15, 0.2) is 11.5 Å². The van der Waals surface area contributed by atoms with Gasteiger partial charge < -0.3 is 14.8 Å². The molecule has 7 nitrogen and oxygen atoms in total. The van der Waals surface area contributed by atoms with Crippen molar-refractivity contribution in [1.82, 2.24) is 5.43 Å². The van der Waals surface area contributed by atoms with Crippen LogP contribution in [0.15, 0.2) is 47.6 Å². The number of carbonyl (C=O) groups excluding carboxylic acids is 2. The molecular weight excluding hydrogens is 358 g/mol. The second kappa shape index (κ2) is 9.43. The van der Waals surface area contributed by atoms with Crippen LogP contribution in [0.25, 0.3) is 0 Å². The molecule has 0 saturated heterocycles. The summed E-state index contributed by atoms with van der Waals surface area (Å²) < 4.78 is 10.3. The van der Waals surface area contributed by atoms with Crippen molar-refractivity contribution in [3.8, 4) is 11.5 Å². The Balaban J connectivity index is 1.87. The first-order chi connectivity index (χ1) is 12.5. The zero-order valence-electron chi connectivity index (χ0n) is 14.3. The van der Waals surface area contributed by atoms with Crippen LogP contribution in [-0.2, 0) is 9.59 Å². The Labute approximate surface area is 155 Å². The Morgan fingerprint density at radius 3 is 2.50 bits per heavy atom. The lowest BCUT2D eigenvalue weighted by molar-refractivity contribution is -0.126. The first-order valence-corrected chi connectivity index (χ1v) is 7.99. The van der Waals surface area contributed by atoms with E-state index in [9.17, 15) is 9.59 Å². The van der Waals surface area contributed by atoms with Crippen LogP contribution >= 0.6 is 11.6 Å². The minimum atomic E-state index is -0.550. The summed E-state index contributed by atoms with van der Waals surface area (Å²) in [5.41, 5.74) is 3.44. The number of halogens is 1. The number of benzene rings is 2. The van der Waals surface area contributed by atoms with E-state index in [0.717, 1.165) is 0 Å². The second-order valence-electron chi connectivity index (χ2n) is 5.11. The molecule has 0 aliphatic carbocycles. The fraction of sp³-hybridized carbons (Fsp3) is 0.167. The van der Waals surface area contributed by atoms with Crippen molar-refractivity contribution in [3.05, 3.63) is 53.1 Å². The SMILES string of the molecule is COc1ccc(C=NNC(=O)CC(=O)Nc2ccccc2Cl)cc1OC. The molecule has 0 fully saturated rings. The van der Waals surface area contributed by atoms with E-state index in [4.69, 9.17) is 21.1 Å². The van der Waals surface area contributed by atoms with Crippen molar-refractivity contribution >= 4 is 35.3 Å². The lowest BCUT2D eigenvalue weighted by atomic mass is 10.2. The third-order valence-electron chi connectivity index (χ3n) is 3.28. The summed E-state index contributed by atoms with van der Waals surface area (Å²) in [6, 6.07) is 11.9. The molecule has 0 spiro atoms. The molecule has 2 rings (SSSR count). The topological polar surface area (TPSA) is 89.0 Å². The minimum Gasteiger partial charge on any atom is -0.493 e. The van der Waals surface area contributed by atoms with Crippen LogP contribution in [0.3, 0.4) is 0 Å². The first kappa shape index (κ1) is 19.3. The van der Waals surface area contributed by atoms with Crippen LogP contribution in [0, 0.1) is 0 Å². The maximum Gasteiger partial charge on any atom is 0.249 e. The van der Waals surface area contributed by atoms with Crippen LogP contribution in [-0.4, -0.2) is 32.2 Å². The van der Waals surface area contributed by atoms with Gasteiger partial charge in [0.05, 0.1) is 31.1 Å². The number of nitrogens with zero attached hydrogens (tertiary/aromatic N) is 1. The molecule has 0 atom stereocenters. The van der Waals surface area contributed by atoms with Crippen molar-refractivity contribution < 1.29 is 19.1 Å². The monoisotopic (exact) mass is 375 g/mol. The molecule has 0 radical (unpaired) electrons. The van der Waals surface area contributed by atoms with Gasteiger partial charge in [-0.2, -0.15) is 5.10 Å². The van der Waals surface area contributed by atoms with Crippen molar-refractivity contribution in [2.24, 2.45) is 5.10 Å². The summed E-state index contributed by atoms with van der Waals surface area (Å²) >= 11 is 5.94. The summed E-state index contributed by atoms with van der Waals surface area (Å²) in [7, 11) is 3.07. The molecule has 26 heavy (non-hydrogen) atoms. The van der Waals surface area contributed by atoms with Gasteiger partial charge in [0, 0.05) is 0 Å². The largest absolute Gasteiger partial charge is 0.493 e. The molecular formula is C18H18ClN3O4. The fourth-order valence-corrected chi connectivity index (χ4v) is 2.24. The van der Waals surface area contributed by atoms with Gasteiger partial charge in [0.1, 0.15) is 6.42 Å². The number of para-hydroxylation sites is 1. The van der Waals surface area contributed by atoms with Gasteiger partial charge in [-0.25, -0.2) is 5.43 Å². The van der Waals surface area contributed by atoms with Crippen LogP contribution in [0.1, 0.15) is 12.0 Å². The third kappa shape index (κ3) is 5.49. The Bertz CT molecular complexity index is 824. The molecule has 0 saturated carbocycles. The van der Waals surface area contributed by atoms with E-state index in [1.807, 2.05) is 0 Å². The molecule has 0 aromatic heterocycles. The number of anilines is 1. The maximum absolute atomic E-state index is 11.8. The number of methoxy groups -OCH3 is 2. The Morgan fingerprint density at radius 1 is 1.08 bits per heavy atom. The number of nitrogens with one attached hydrogen (secondary N) is 2. The molecule has 0 bridgehead atoms. The van der Waals surface area contributed by atoms with E-state index in [2.05, 4.69) is 15.8 Å². The van der Waals surface area contributed by atoms with E-state index >= 15 is 0 Å². The molecule has 136 valence electrons. The summed E-state index contributed by atoms with van der Waals surface area (Å²) in [4.78, 5) is 23.6. The summed E-state index contributed by atoms with van der Waals surface area (Å²) in [6.07, 6.45) is 1.06. The highest BCUT2D eigenvalue weighted by atomic mass is 35.5. The van der Waals surface area contributed by atoms with E-state index in [1.54, 1.807) is 49.6 Å². The minimum absolute atomic E-state index is 0.380. The molecule has 8 heteroatoms. The normalized spacial score (nSPS) is 10.4. The summed E-state index contributed by atoms with van der Waals surface area (Å²) in [6.45, 7) is 0. The number of carbonyl (C=O) groups is 2. The molecule has 0 aliphatic heterocycles. The predicted molar refractivity (Wildman–Crippen MR) is 100.0 cm³/mol. The molecule has 0 heterocycles. The van der Waals surface area contributed by atoms with Gasteiger partial charge in [-0.1, -0.05) is 23.7 Å². The Hall–Kier alpha value is -3.06. The summed E-state index contributed by atoms with van der Waals surface area (Å²) in [5, 5.41) is 6.78. The van der Waals surface area contributed by atoms with Crippen LogP contribution in [0.4, 0.5) is 5.69 Å². The van der Waals surface area contributed by atoms with E-state index in [-0.39, 0.29) is 6.42 Å². The van der Waals surface area contributed by atoms with Gasteiger partial charge in [-0.3, -0.25) is 9.59 Å². The lowest BCUT2D eigenvalue weighted by Gasteiger charge is -2.07. The average Bonchev–Trinajstić information content (AvgIpc) is 2.63. The number of hydrogen-bond acceptors (Lipinski definition) is 5. The predicted octanol–water partition coefficient (Wildman–Crippen LogP) is 2.84. The van der Waals surface area contributed by atoms with Crippen molar-refractivity contribution in [1.29, 1.82) is 0 Å². The smallest absolute Gasteiger partial charge is 0.249 e. The number of rotatable bonds is 7. The van der Waals surface area contributed by atoms with Gasteiger partial charge in [0.2, 0.25) is 11.8 Å². The number of amides is 2. The zero-order valence-corrected chi connectivity index (χ0v) is 15.0. The van der Waals surface area contributed by atoms with E-state index in [0.29, 0.717) is 27.8 Å². The van der Waals surface area contributed by atoms with Gasteiger partial charge >= 0.3 is 0 Å². The van der Waals surface area contributed by atoms with E-state index in [1.165, 1.54) is 13.3 Å². The molecule has 0 unspecified atom stereocenters. The Morgan fingerprint density at radius 2 is 1.81 bits per heavy atom. The highest BCUT2D eigenvalue weighted by Crippen LogP contribution is 2.26. The second-order valence-corrected chi connectivity index (χ2v) is 5.52. The third-order valence-corrected chi connectivity index (χ3v) is 3.61. The van der Waals surface area contributed by atoms with Crippen LogP contribution in [0.5, 0.6) is 11.5 Å². The molecule has 2 aromatic carbocycles. The number of hydrazone groups is 1. The highest BCUT2D eigenvalue weighted by molar-refractivity contribution is 6.33. The van der Waals surface area contributed by atoms with Gasteiger partial charge in [-0.15, -0.1) is 0 Å². The Kier molecular flexibility index (Phi) is 6.99. The molecule has 2 amide bonds. The number of hydrogen-bond donors (Lipinski definition) is 2. The zero-order chi connectivity index (χ0) is 18.9. The van der Waals surface area contributed by atoms with Crippen molar-refractivity contribution in [3.63, 3.8) is 0 Å². The van der Waals surface area contributed by atoms with Crippen molar-refractivity contribution in [2.75, 3.05) is 19.5 Å². The fourth-order valence-electron chi connectivity index (χ4n) is 2.05. The van der Waals surface area contributed by atoms with Gasteiger partial charge in [-0.05, 0) is 35.9 Å². The quantitative estimate of drug-likeness (QED) is 0.442.